The highest BCUT2D eigenvalue weighted by atomic mass is 32.2. The normalized spacial score (nSPS) is 11.0. The van der Waals surface area contributed by atoms with E-state index in [9.17, 15) is 23.3 Å². The van der Waals surface area contributed by atoms with Gasteiger partial charge < -0.3 is 5.11 Å². The fraction of sp³-hybridized carbons (Fsp3) is 0. The molecule has 2 aromatic rings. The lowest BCUT2D eigenvalue weighted by molar-refractivity contribution is -0.387. The zero-order chi connectivity index (χ0) is 15.6. The van der Waals surface area contributed by atoms with Gasteiger partial charge in [-0.05, 0) is 24.3 Å². The predicted molar refractivity (Wildman–Crippen MR) is 71.9 cm³/mol. The first-order valence-electron chi connectivity index (χ1n) is 5.66. The van der Waals surface area contributed by atoms with Crippen LogP contribution in [0, 0.1) is 10.1 Å². The van der Waals surface area contributed by atoms with Crippen LogP contribution in [0.25, 0.3) is 0 Å². The zero-order valence-electron chi connectivity index (χ0n) is 10.5. The molecule has 2 rings (SSSR count). The van der Waals surface area contributed by atoms with E-state index in [-0.39, 0.29) is 10.5 Å². The van der Waals surface area contributed by atoms with Gasteiger partial charge >= 0.3 is 5.97 Å². The molecule has 0 heterocycles. The monoisotopic (exact) mass is 307 g/mol. The minimum absolute atomic E-state index is 0.101. The third-order valence-electron chi connectivity index (χ3n) is 2.75. The Kier molecular flexibility index (Phi) is 3.72. The molecular weight excluding hydrogens is 298 g/mol. The first-order valence-corrected chi connectivity index (χ1v) is 7.14. The van der Waals surface area contributed by atoms with Crippen LogP contribution in [0.4, 0.5) is 5.69 Å². The van der Waals surface area contributed by atoms with Crippen LogP contribution in [-0.4, -0.2) is 24.4 Å². The number of nitro benzene ring substituents is 1. The van der Waals surface area contributed by atoms with E-state index >= 15 is 0 Å². The summed E-state index contributed by atoms with van der Waals surface area (Å²) >= 11 is 0. The SMILES string of the molecule is O=C(O)c1ccc(S(=O)(=O)c2ccccc2)c([N+](=O)[O-])c1. The molecule has 0 atom stereocenters. The van der Waals surface area contributed by atoms with Crippen molar-refractivity contribution in [1.29, 1.82) is 0 Å². The van der Waals surface area contributed by atoms with Crippen molar-refractivity contribution in [2.24, 2.45) is 0 Å². The molecule has 0 aliphatic carbocycles. The number of sulfone groups is 1. The van der Waals surface area contributed by atoms with Gasteiger partial charge in [-0.3, -0.25) is 10.1 Å². The molecule has 0 aliphatic rings. The van der Waals surface area contributed by atoms with Gasteiger partial charge in [0.1, 0.15) is 4.90 Å². The fourth-order valence-electron chi connectivity index (χ4n) is 1.75. The number of hydrogen-bond acceptors (Lipinski definition) is 5. The quantitative estimate of drug-likeness (QED) is 0.683. The molecule has 108 valence electrons. The molecule has 0 saturated carbocycles. The summed E-state index contributed by atoms with van der Waals surface area (Å²) in [7, 11) is -4.09. The van der Waals surface area contributed by atoms with Crippen molar-refractivity contribution in [3.05, 3.63) is 64.2 Å². The van der Waals surface area contributed by atoms with Gasteiger partial charge in [0.05, 0.1) is 15.4 Å². The number of aromatic carboxylic acids is 1. The van der Waals surface area contributed by atoms with Gasteiger partial charge in [-0.2, -0.15) is 0 Å². The number of hydrogen-bond donors (Lipinski definition) is 1. The van der Waals surface area contributed by atoms with Crippen LogP contribution in [-0.2, 0) is 9.84 Å². The highest BCUT2D eigenvalue weighted by Gasteiger charge is 2.28. The Bertz CT molecular complexity index is 814. The van der Waals surface area contributed by atoms with E-state index in [0.717, 1.165) is 18.2 Å². The third kappa shape index (κ3) is 2.75. The minimum Gasteiger partial charge on any atom is -0.478 e. The average Bonchev–Trinajstić information content (AvgIpc) is 2.47. The highest BCUT2D eigenvalue weighted by Crippen LogP contribution is 2.30. The lowest BCUT2D eigenvalue weighted by atomic mass is 10.2. The summed E-state index contributed by atoms with van der Waals surface area (Å²) in [5.41, 5.74) is -1.12. The van der Waals surface area contributed by atoms with Crippen molar-refractivity contribution in [2.45, 2.75) is 9.79 Å². The molecule has 0 aliphatic heterocycles. The standard InChI is InChI=1S/C13H9NO6S/c15-13(16)9-6-7-12(11(8-9)14(17)18)21(19,20)10-4-2-1-3-5-10/h1-8H,(H,15,16). The highest BCUT2D eigenvalue weighted by molar-refractivity contribution is 7.91. The predicted octanol–water partition coefficient (Wildman–Crippen LogP) is 2.13. The van der Waals surface area contributed by atoms with Crippen LogP contribution in [0.3, 0.4) is 0 Å². The molecule has 0 bridgehead atoms. The number of carboxylic acid groups (broad SMARTS) is 1. The third-order valence-corrected chi connectivity index (χ3v) is 4.56. The Morgan fingerprint density at radius 1 is 1.10 bits per heavy atom. The van der Waals surface area contributed by atoms with Gasteiger partial charge in [-0.25, -0.2) is 13.2 Å². The zero-order valence-corrected chi connectivity index (χ0v) is 11.3. The summed E-state index contributed by atoms with van der Waals surface area (Å²) in [6.07, 6.45) is 0. The maximum absolute atomic E-state index is 12.4. The van der Waals surface area contributed by atoms with Gasteiger partial charge in [-0.1, -0.05) is 18.2 Å². The van der Waals surface area contributed by atoms with E-state index in [2.05, 4.69) is 0 Å². The first-order chi connectivity index (χ1) is 9.84. The molecule has 0 unspecified atom stereocenters. The lowest BCUT2D eigenvalue weighted by Gasteiger charge is -2.06. The topological polar surface area (TPSA) is 115 Å². The molecule has 1 N–H and O–H groups in total. The Morgan fingerprint density at radius 3 is 2.24 bits per heavy atom. The average molecular weight is 307 g/mol. The Hall–Kier alpha value is -2.74. The van der Waals surface area contributed by atoms with Crippen LogP contribution in [0.1, 0.15) is 10.4 Å². The summed E-state index contributed by atoms with van der Waals surface area (Å²) in [6.45, 7) is 0. The van der Waals surface area contributed by atoms with Crippen LogP contribution >= 0.6 is 0 Å². The molecule has 0 fully saturated rings. The van der Waals surface area contributed by atoms with Gasteiger partial charge in [0.25, 0.3) is 5.69 Å². The molecule has 0 aromatic heterocycles. The van der Waals surface area contributed by atoms with Crippen molar-refractivity contribution in [2.75, 3.05) is 0 Å². The largest absolute Gasteiger partial charge is 0.478 e. The van der Waals surface area contributed by atoms with Crippen molar-refractivity contribution >= 4 is 21.5 Å². The van der Waals surface area contributed by atoms with Crippen LogP contribution in [0.15, 0.2) is 58.3 Å². The summed E-state index contributed by atoms with van der Waals surface area (Å²) in [5.74, 6) is -1.37. The van der Waals surface area contributed by atoms with Gasteiger partial charge in [0, 0.05) is 6.07 Å². The van der Waals surface area contributed by atoms with Crippen molar-refractivity contribution < 1.29 is 23.2 Å². The van der Waals surface area contributed by atoms with Gasteiger partial charge in [0.15, 0.2) is 0 Å². The molecule has 21 heavy (non-hydrogen) atoms. The van der Waals surface area contributed by atoms with Gasteiger partial charge in [0.2, 0.25) is 9.84 Å². The second kappa shape index (κ2) is 5.33. The van der Waals surface area contributed by atoms with Gasteiger partial charge in [-0.15, -0.1) is 0 Å². The second-order valence-corrected chi connectivity index (χ2v) is 5.98. The summed E-state index contributed by atoms with van der Waals surface area (Å²) in [4.78, 5) is 20.3. The van der Waals surface area contributed by atoms with E-state index in [4.69, 9.17) is 5.11 Å². The molecule has 0 radical (unpaired) electrons. The Balaban J connectivity index is 2.69. The van der Waals surface area contributed by atoms with E-state index in [0.29, 0.717) is 0 Å². The Morgan fingerprint density at radius 2 is 1.71 bits per heavy atom. The lowest BCUT2D eigenvalue weighted by Crippen LogP contribution is -2.07. The maximum Gasteiger partial charge on any atom is 0.335 e. The molecule has 8 heteroatoms. The van der Waals surface area contributed by atoms with Crippen LogP contribution in [0.2, 0.25) is 0 Å². The molecule has 0 saturated heterocycles. The summed E-state index contributed by atoms with van der Waals surface area (Å²) in [5, 5.41) is 19.9. The van der Waals surface area contributed by atoms with Crippen LogP contribution < -0.4 is 0 Å². The van der Waals surface area contributed by atoms with E-state index in [1.54, 1.807) is 6.07 Å². The number of carbonyl (C=O) groups is 1. The van der Waals surface area contributed by atoms with Crippen molar-refractivity contribution in [3.63, 3.8) is 0 Å². The molecular formula is C13H9NO6S. The number of carboxylic acids is 1. The molecule has 2 aromatic carbocycles. The maximum atomic E-state index is 12.4. The first kappa shape index (κ1) is 14.7. The van der Waals surface area contributed by atoms with E-state index in [1.807, 2.05) is 0 Å². The fourth-order valence-corrected chi connectivity index (χ4v) is 3.17. The number of nitrogens with zero attached hydrogens (tertiary/aromatic N) is 1. The number of nitro groups is 1. The van der Waals surface area contributed by atoms with Crippen molar-refractivity contribution in [3.8, 4) is 0 Å². The Labute approximate surface area is 119 Å². The molecule has 0 spiro atoms. The van der Waals surface area contributed by atoms with Crippen molar-refractivity contribution in [1.82, 2.24) is 0 Å². The minimum atomic E-state index is -4.09. The van der Waals surface area contributed by atoms with E-state index in [1.165, 1.54) is 24.3 Å². The number of rotatable bonds is 4. The summed E-state index contributed by atoms with van der Waals surface area (Å²) in [6, 6.07) is 9.90. The van der Waals surface area contributed by atoms with E-state index < -0.39 is 31.3 Å². The van der Waals surface area contributed by atoms with Crippen LogP contribution in [0.5, 0.6) is 0 Å². The summed E-state index contributed by atoms with van der Waals surface area (Å²) < 4.78 is 24.8. The number of benzene rings is 2. The smallest absolute Gasteiger partial charge is 0.335 e. The molecule has 0 amide bonds. The molecule has 7 nitrogen and oxygen atoms in total. The second-order valence-electron chi connectivity index (χ2n) is 4.06.